The van der Waals surface area contributed by atoms with Gasteiger partial charge < -0.3 is 0 Å². The van der Waals surface area contributed by atoms with Gasteiger partial charge in [-0.05, 0) is 53.8 Å². The molecular weight excluding hydrogens is 371 g/mol. The highest BCUT2D eigenvalue weighted by atomic mass is 19.4. The van der Waals surface area contributed by atoms with Crippen molar-refractivity contribution in [1.82, 2.24) is 4.98 Å². The maximum atomic E-state index is 12.5. The van der Waals surface area contributed by atoms with Crippen LogP contribution in [0.5, 0.6) is 0 Å². The molecule has 1 nitrogen and oxygen atoms in total. The molecule has 4 heteroatoms. The lowest BCUT2D eigenvalue weighted by atomic mass is 10.0. The largest absolute Gasteiger partial charge is 0.433 e. The molecule has 0 spiro atoms. The number of hydrogen-bond donors (Lipinski definition) is 0. The molecule has 3 aromatic rings. The molecule has 0 amide bonds. The van der Waals surface area contributed by atoms with Gasteiger partial charge in [-0.2, -0.15) is 13.2 Å². The van der Waals surface area contributed by atoms with Crippen LogP contribution in [-0.4, -0.2) is 4.98 Å². The molecule has 3 rings (SSSR count). The fourth-order valence-corrected chi connectivity index (χ4v) is 2.97. The third kappa shape index (κ3) is 5.96. The van der Waals surface area contributed by atoms with Gasteiger partial charge >= 0.3 is 6.18 Å². The molecule has 0 aliphatic carbocycles. The number of hydrogen-bond acceptors (Lipinski definition) is 1. The minimum Gasteiger partial charge on any atom is -0.250 e. The maximum Gasteiger partial charge on any atom is 0.433 e. The van der Waals surface area contributed by atoms with E-state index in [-0.39, 0.29) is 0 Å². The highest BCUT2D eigenvalue weighted by molar-refractivity contribution is 5.64. The zero-order valence-corrected chi connectivity index (χ0v) is 16.3. The topological polar surface area (TPSA) is 12.9 Å². The Labute approximate surface area is 169 Å². The Morgan fingerprint density at radius 1 is 0.759 bits per heavy atom. The first-order chi connectivity index (χ1) is 14.0. The van der Waals surface area contributed by atoms with Crippen molar-refractivity contribution in [3.8, 4) is 23.0 Å². The lowest BCUT2D eigenvalue weighted by Gasteiger charge is -2.05. The first kappa shape index (κ1) is 20.7. The number of aromatic nitrogens is 1. The van der Waals surface area contributed by atoms with Gasteiger partial charge in [0.2, 0.25) is 0 Å². The number of benzene rings is 2. The summed E-state index contributed by atoms with van der Waals surface area (Å²) >= 11 is 0. The molecule has 0 N–H and O–H groups in total. The molecular formula is C25H22F3N. The van der Waals surface area contributed by atoms with Gasteiger partial charge in [-0.25, -0.2) is 0 Å². The van der Waals surface area contributed by atoms with E-state index in [2.05, 4.69) is 48.0 Å². The van der Waals surface area contributed by atoms with Gasteiger partial charge in [-0.3, -0.25) is 4.98 Å². The molecule has 0 bridgehead atoms. The van der Waals surface area contributed by atoms with Crippen LogP contribution in [-0.2, 0) is 12.6 Å². The highest BCUT2D eigenvalue weighted by Crippen LogP contribution is 2.27. The van der Waals surface area contributed by atoms with E-state index in [0.717, 1.165) is 35.4 Å². The minimum atomic E-state index is -4.44. The van der Waals surface area contributed by atoms with Crippen molar-refractivity contribution in [2.24, 2.45) is 0 Å². The van der Waals surface area contributed by atoms with E-state index in [1.54, 1.807) is 0 Å². The number of aryl methyl sites for hydroxylation is 1. The standard InChI is InChI=1S/C25H22F3N/c1-2-3-4-5-19-8-13-22(14-9-19)23-15-10-20(11-16-23)6-7-21-12-17-24(29-18-21)25(26,27)28/h8-18H,2-5H2,1H3. The summed E-state index contributed by atoms with van der Waals surface area (Å²) in [7, 11) is 0. The Morgan fingerprint density at radius 2 is 1.34 bits per heavy atom. The predicted octanol–water partition coefficient (Wildman–Crippen LogP) is 6.90. The fourth-order valence-electron chi connectivity index (χ4n) is 2.97. The third-order valence-electron chi connectivity index (χ3n) is 4.65. The van der Waals surface area contributed by atoms with Crippen LogP contribution in [0.15, 0.2) is 66.9 Å². The van der Waals surface area contributed by atoms with E-state index in [1.807, 2.05) is 24.3 Å². The number of nitrogens with zero attached hydrogens (tertiary/aromatic N) is 1. The van der Waals surface area contributed by atoms with Gasteiger partial charge in [0.1, 0.15) is 5.69 Å². The monoisotopic (exact) mass is 393 g/mol. The maximum absolute atomic E-state index is 12.5. The van der Waals surface area contributed by atoms with E-state index >= 15 is 0 Å². The van der Waals surface area contributed by atoms with Gasteiger partial charge in [-0.15, -0.1) is 0 Å². The summed E-state index contributed by atoms with van der Waals surface area (Å²) in [6.45, 7) is 2.21. The van der Waals surface area contributed by atoms with Gasteiger partial charge in [0, 0.05) is 17.3 Å². The predicted molar refractivity (Wildman–Crippen MR) is 110 cm³/mol. The number of rotatable bonds is 5. The molecule has 0 aliphatic heterocycles. The number of unbranched alkanes of at least 4 members (excludes halogenated alkanes) is 2. The Hall–Kier alpha value is -3.06. The quantitative estimate of drug-likeness (QED) is 0.339. The molecule has 148 valence electrons. The summed E-state index contributed by atoms with van der Waals surface area (Å²) < 4.78 is 37.6. The number of halogens is 3. The van der Waals surface area contributed by atoms with E-state index in [4.69, 9.17) is 0 Å². The summed E-state index contributed by atoms with van der Waals surface area (Å²) in [6.07, 6.45) is 1.52. The summed E-state index contributed by atoms with van der Waals surface area (Å²) in [4.78, 5) is 3.42. The second-order valence-corrected chi connectivity index (χ2v) is 6.91. The second-order valence-electron chi connectivity index (χ2n) is 6.91. The van der Waals surface area contributed by atoms with Gasteiger partial charge in [0.15, 0.2) is 0 Å². The first-order valence-electron chi connectivity index (χ1n) is 9.70. The van der Waals surface area contributed by atoms with Crippen LogP contribution >= 0.6 is 0 Å². The average molecular weight is 393 g/mol. The van der Waals surface area contributed by atoms with Crippen molar-refractivity contribution >= 4 is 0 Å². The normalized spacial score (nSPS) is 11.0. The Morgan fingerprint density at radius 3 is 1.90 bits per heavy atom. The zero-order valence-electron chi connectivity index (χ0n) is 16.3. The molecule has 1 aromatic heterocycles. The lowest BCUT2D eigenvalue weighted by molar-refractivity contribution is -0.141. The molecule has 2 aromatic carbocycles. The van der Waals surface area contributed by atoms with Crippen LogP contribution in [0.2, 0.25) is 0 Å². The molecule has 0 saturated carbocycles. The van der Waals surface area contributed by atoms with Crippen LogP contribution in [0, 0.1) is 11.8 Å². The fraction of sp³-hybridized carbons (Fsp3) is 0.240. The van der Waals surface area contributed by atoms with Crippen LogP contribution in [0.1, 0.15) is 48.6 Å². The average Bonchev–Trinajstić information content (AvgIpc) is 2.73. The van der Waals surface area contributed by atoms with Crippen molar-refractivity contribution in [2.75, 3.05) is 0 Å². The smallest absolute Gasteiger partial charge is 0.250 e. The molecule has 0 saturated heterocycles. The van der Waals surface area contributed by atoms with Crippen LogP contribution in [0.4, 0.5) is 13.2 Å². The van der Waals surface area contributed by atoms with Crippen LogP contribution < -0.4 is 0 Å². The van der Waals surface area contributed by atoms with E-state index in [1.165, 1.54) is 30.9 Å². The van der Waals surface area contributed by atoms with E-state index < -0.39 is 11.9 Å². The van der Waals surface area contributed by atoms with Crippen molar-refractivity contribution in [3.05, 3.63) is 89.2 Å². The first-order valence-corrected chi connectivity index (χ1v) is 9.70. The minimum absolute atomic E-state index is 0.445. The molecule has 0 aliphatic rings. The van der Waals surface area contributed by atoms with E-state index in [0.29, 0.717) is 5.56 Å². The molecule has 0 unspecified atom stereocenters. The van der Waals surface area contributed by atoms with Gasteiger partial charge in [0.05, 0.1) is 0 Å². The van der Waals surface area contributed by atoms with Gasteiger partial charge in [-0.1, -0.05) is 68.0 Å². The van der Waals surface area contributed by atoms with E-state index in [9.17, 15) is 13.2 Å². The van der Waals surface area contributed by atoms with Crippen molar-refractivity contribution in [3.63, 3.8) is 0 Å². The third-order valence-corrected chi connectivity index (χ3v) is 4.65. The number of pyridine rings is 1. The number of alkyl halides is 3. The lowest BCUT2D eigenvalue weighted by Crippen LogP contribution is -2.07. The Balaban J connectivity index is 1.66. The Kier molecular flexibility index (Phi) is 6.72. The molecule has 1 heterocycles. The Bertz CT molecular complexity index is 974. The zero-order chi connectivity index (χ0) is 20.7. The summed E-state index contributed by atoms with van der Waals surface area (Å²) in [6, 6.07) is 18.7. The SMILES string of the molecule is CCCCCc1ccc(-c2ccc(C#Cc3ccc(C(F)(F)F)nc3)cc2)cc1. The second kappa shape index (κ2) is 9.43. The van der Waals surface area contributed by atoms with Crippen molar-refractivity contribution < 1.29 is 13.2 Å². The van der Waals surface area contributed by atoms with Gasteiger partial charge in [0.25, 0.3) is 0 Å². The highest BCUT2D eigenvalue weighted by Gasteiger charge is 2.31. The van der Waals surface area contributed by atoms with Crippen LogP contribution in [0.3, 0.4) is 0 Å². The van der Waals surface area contributed by atoms with Crippen molar-refractivity contribution in [2.45, 2.75) is 38.8 Å². The molecule has 0 atom stereocenters. The van der Waals surface area contributed by atoms with Crippen LogP contribution in [0.25, 0.3) is 11.1 Å². The summed E-state index contributed by atoms with van der Waals surface area (Å²) in [5.74, 6) is 5.82. The molecule has 29 heavy (non-hydrogen) atoms. The van der Waals surface area contributed by atoms with Crippen molar-refractivity contribution in [1.29, 1.82) is 0 Å². The summed E-state index contributed by atoms with van der Waals surface area (Å²) in [5.41, 5.74) is 3.94. The molecule has 0 fully saturated rings. The molecule has 0 radical (unpaired) electrons. The summed E-state index contributed by atoms with van der Waals surface area (Å²) in [5, 5.41) is 0.